The number of aromatic hydroxyl groups is 1. The Hall–Kier alpha value is -2.28. The highest BCUT2D eigenvalue weighted by molar-refractivity contribution is 5.97. The summed E-state index contributed by atoms with van der Waals surface area (Å²) in [6.45, 7) is 3.44. The van der Waals surface area contributed by atoms with E-state index in [0.717, 1.165) is 12.8 Å². The van der Waals surface area contributed by atoms with Crippen molar-refractivity contribution in [2.24, 2.45) is 0 Å². The summed E-state index contributed by atoms with van der Waals surface area (Å²) >= 11 is 0. The van der Waals surface area contributed by atoms with Gasteiger partial charge in [-0.2, -0.15) is 0 Å². The molecule has 21 heavy (non-hydrogen) atoms. The number of carbonyl (C=O) groups is 2. The van der Waals surface area contributed by atoms with E-state index in [1.165, 1.54) is 18.2 Å². The first-order chi connectivity index (χ1) is 10.1. The zero-order chi connectivity index (χ0) is 15.7. The molecule has 7 heteroatoms. The number of unbranched alkanes of at least 4 members (excludes halogenated alkanes) is 1. The highest BCUT2D eigenvalue weighted by Crippen LogP contribution is 2.27. The molecular weight excluding hydrogens is 276 g/mol. The molecule has 0 atom stereocenters. The molecule has 0 aliphatic carbocycles. The molecule has 0 bridgehead atoms. The van der Waals surface area contributed by atoms with Crippen LogP contribution in [0.3, 0.4) is 0 Å². The van der Waals surface area contributed by atoms with Crippen molar-refractivity contribution in [3.8, 4) is 5.75 Å². The van der Waals surface area contributed by atoms with Gasteiger partial charge in [0.15, 0.2) is 5.75 Å². The van der Waals surface area contributed by atoms with Crippen LogP contribution in [0, 0.1) is 0 Å². The second-order valence-electron chi connectivity index (χ2n) is 4.35. The monoisotopic (exact) mass is 296 g/mol. The number of amides is 2. The van der Waals surface area contributed by atoms with Crippen LogP contribution in [0.5, 0.6) is 5.75 Å². The number of nitrogens with one attached hydrogen (secondary N) is 2. The fourth-order valence-corrected chi connectivity index (χ4v) is 1.57. The topological polar surface area (TPSA) is 108 Å². The molecule has 1 aromatic carbocycles. The van der Waals surface area contributed by atoms with Gasteiger partial charge in [-0.1, -0.05) is 19.4 Å². The smallest absolute Gasteiger partial charge is 0.339 e. The van der Waals surface area contributed by atoms with Crippen molar-refractivity contribution in [1.29, 1.82) is 0 Å². The summed E-state index contributed by atoms with van der Waals surface area (Å²) in [4.78, 5) is 22.5. The summed E-state index contributed by atoms with van der Waals surface area (Å²) in [5.41, 5.74) is -0.227. The Bertz CT molecular complexity index is 490. The summed E-state index contributed by atoms with van der Waals surface area (Å²) < 4.78 is 5.28. The van der Waals surface area contributed by atoms with Gasteiger partial charge in [0.05, 0.1) is 12.3 Å². The van der Waals surface area contributed by atoms with Crippen LogP contribution in [0.1, 0.15) is 30.1 Å². The maximum Gasteiger partial charge on any atom is 0.339 e. The zero-order valence-electron chi connectivity index (χ0n) is 11.9. The molecule has 1 rings (SSSR count). The molecule has 0 saturated carbocycles. The number of urea groups is 1. The molecule has 2 amide bonds. The molecule has 1 aromatic rings. The minimum atomic E-state index is -1.26. The summed E-state index contributed by atoms with van der Waals surface area (Å²) in [6, 6.07) is 3.57. The molecule has 0 fully saturated rings. The van der Waals surface area contributed by atoms with Gasteiger partial charge in [-0.25, -0.2) is 9.59 Å². The number of aromatic carboxylic acids is 1. The second kappa shape index (κ2) is 8.80. The third-order valence-electron chi connectivity index (χ3n) is 2.69. The van der Waals surface area contributed by atoms with Crippen molar-refractivity contribution in [1.82, 2.24) is 5.32 Å². The third-order valence-corrected chi connectivity index (χ3v) is 2.69. The molecule has 0 unspecified atom stereocenters. The number of para-hydroxylation sites is 1. The van der Waals surface area contributed by atoms with Crippen LogP contribution >= 0.6 is 0 Å². The molecule has 0 radical (unpaired) electrons. The van der Waals surface area contributed by atoms with E-state index in [1.54, 1.807) is 0 Å². The number of carboxylic acids is 1. The number of ether oxygens (including phenoxy) is 1. The molecule has 0 aliphatic rings. The fraction of sp³-hybridized carbons (Fsp3) is 0.429. The Labute approximate surface area is 122 Å². The largest absolute Gasteiger partial charge is 0.505 e. The maximum absolute atomic E-state index is 11.6. The van der Waals surface area contributed by atoms with E-state index >= 15 is 0 Å². The minimum absolute atomic E-state index is 0.0410. The van der Waals surface area contributed by atoms with E-state index in [-0.39, 0.29) is 11.3 Å². The molecule has 4 N–H and O–H groups in total. The number of carboxylic acid groups (broad SMARTS) is 1. The number of rotatable bonds is 8. The predicted octanol–water partition coefficient (Wildman–Crippen LogP) is 2.03. The van der Waals surface area contributed by atoms with Crippen LogP contribution in [-0.2, 0) is 4.74 Å². The van der Waals surface area contributed by atoms with E-state index < -0.39 is 17.7 Å². The van der Waals surface area contributed by atoms with Crippen molar-refractivity contribution in [2.75, 3.05) is 25.1 Å². The van der Waals surface area contributed by atoms with Crippen molar-refractivity contribution < 1.29 is 24.5 Å². The Morgan fingerprint density at radius 3 is 2.71 bits per heavy atom. The van der Waals surface area contributed by atoms with Gasteiger partial charge in [-0.3, -0.25) is 0 Å². The van der Waals surface area contributed by atoms with Crippen LogP contribution in [0.15, 0.2) is 18.2 Å². The van der Waals surface area contributed by atoms with Gasteiger partial charge in [0.2, 0.25) is 0 Å². The first-order valence-electron chi connectivity index (χ1n) is 6.74. The lowest BCUT2D eigenvalue weighted by Crippen LogP contribution is -2.31. The van der Waals surface area contributed by atoms with Gasteiger partial charge in [0.25, 0.3) is 0 Å². The number of carbonyl (C=O) groups excluding carboxylic acids is 1. The summed E-state index contributed by atoms with van der Waals surface area (Å²) in [5.74, 6) is -1.74. The molecule has 0 aliphatic heterocycles. The molecule has 7 nitrogen and oxygen atoms in total. The standard InChI is InChI=1S/C14H20N2O5/c1-2-3-8-21-9-7-15-14(20)16-11-6-4-5-10(12(11)17)13(18)19/h4-6,17H,2-3,7-9H2,1H3,(H,18,19)(H2,15,16,20). The Morgan fingerprint density at radius 1 is 1.29 bits per heavy atom. The lowest BCUT2D eigenvalue weighted by atomic mass is 10.2. The summed E-state index contributed by atoms with van der Waals surface area (Å²) in [6.07, 6.45) is 2.02. The van der Waals surface area contributed by atoms with Gasteiger partial charge in [-0.05, 0) is 18.6 Å². The zero-order valence-corrected chi connectivity index (χ0v) is 11.9. The van der Waals surface area contributed by atoms with Crippen molar-refractivity contribution in [3.63, 3.8) is 0 Å². The van der Waals surface area contributed by atoms with Gasteiger partial charge >= 0.3 is 12.0 Å². The predicted molar refractivity (Wildman–Crippen MR) is 77.8 cm³/mol. The van der Waals surface area contributed by atoms with Crippen LogP contribution in [0.25, 0.3) is 0 Å². The number of hydrogen-bond donors (Lipinski definition) is 4. The second-order valence-corrected chi connectivity index (χ2v) is 4.35. The Kier molecular flexibility index (Phi) is 7.03. The number of phenols is 1. The highest BCUT2D eigenvalue weighted by atomic mass is 16.5. The van der Waals surface area contributed by atoms with Crippen LogP contribution in [0.2, 0.25) is 0 Å². The average molecular weight is 296 g/mol. The first-order valence-corrected chi connectivity index (χ1v) is 6.74. The summed E-state index contributed by atoms with van der Waals surface area (Å²) in [7, 11) is 0. The van der Waals surface area contributed by atoms with Crippen LogP contribution in [0.4, 0.5) is 10.5 Å². The molecule has 0 aromatic heterocycles. The lowest BCUT2D eigenvalue weighted by Gasteiger charge is -2.10. The fourth-order valence-electron chi connectivity index (χ4n) is 1.57. The first kappa shape index (κ1) is 16.8. The minimum Gasteiger partial charge on any atom is -0.505 e. The molecule has 0 saturated heterocycles. The van der Waals surface area contributed by atoms with E-state index in [2.05, 4.69) is 17.6 Å². The number of benzene rings is 1. The van der Waals surface area contributed by atoms with Crippen LogP contribution < -0.4 is 10.6 Å². The van der Waals surface area contributed by atoms with Crippen molar-refractivity contribution >= 4 is 17.7 Å². The number of anilines is 1. The molecular formula is C14H20N2O5. The van der Waals surface area contributed by atoms with Crippen LogP contribution in [-0.4, -0.2) is 42.0 Å². The highest BCUT2D eigenvalue weighted by Gasteiger charge is 2.14. The quantitative estimate of drug-likeness (QED) is 0.433. The van der Waals surface area contributed by atoms with E-state index in [0.29, 0.717) is 19.8 Å². The molecule has 116 valence electrons. The van der Waals surface area contributed by atoms with E-state index in [4.69, 9.17) is 9.84 Å². The van der Waals surface area contributed by atoms with Crippen molar-refractivity contribution in [3.05, 3.63) is 23.8 Å². The third kappa shape index (κ3) is 5.70. The van der Waals surface area contributed by atoms with E-state index in [9.17, 15) is 14.7 Å². The molecule has 0 spiro atoms. The van der Waals surface area contributed by atoms with Gasteiger partial charge < -0.3 is 25.6 Å². The van der Waals surface area contributed by atoms with E-state index in [1.807, 2.05) is 0 Å². The van der Waals surface area contributed by atoms with Gasteiger partial charge in [0.1, 0.15) is 5.56 Å². The Morgan fingerprint density at radius 2 is 2.05 bits per heavy atom. The molecule has 0 heterocycles. The lowest BCUT2D eigenvalue weighted by molar-refractivity contribution is 0.0693. The normalized spacial score (nSPS) is 10.1. The summed E-state index contributed by atoms with van der Waals surface area (Å²) in [5, 5.41) is 23.5. The van der Waals surface area contributed by atoms with Crippen molar-refractivity contribution in [2.45, 2.75) is 19.8 Å². The number of hydrogen-bond acceptors (Lipinski definition) is 4. The average Bonchev–Trinajstić information content (AvgIpc) is 2.44. The Balaban J connectivity index is 2.41. The SMILES string of the molecule is CCCCOCCNC(=O)Nc1cccc(C(=O)O)c1O. The van der Waals surface area contributed by atoms with Gasteiger partial charge in [0, 0.05) is 13.2 Å². The maximum atomic E-state index is 11.6. The van der Waals surface area contributed by atoms with Gasteiger partial charge in [-0.15, -0.1) is 0 Å².